The van der Waals surface area contributed by atoms with E-state index in [0.717, 1.165) is 24.7 Å². The number of hydrogen-bond donors (Lipinski definition) is 1. The molecule has 0 fully saturated rings. The van der Waals surface area contributed by atoms with Gasteiger partial charge in [-0.1, -0.05) is 0 Å². The van der Waals surface area contributed by atoms with Gasteiger partial charge >= 0.3 is 12.1 Å². The summed E-state index contributed by atoms with van der Waals surface area (Å²) in [5, 5.41) is 8.73. The van der Waals surface area contributed by atoms with Crippen LogP contribution in [0.4, 0.5) is 13.2 Å². The number of rotatable bonds is 2. The number of carboxylic acid groups (broad SMARTS) is 1. The summed E-state index contributed by atoms with van der Waals surface area (Å²) in [6, 6.07) is 3.10. The molecular weight excluding hydrogens is 329 g/mol. The third-order valence-electron chi connectivity index (χ3n) is 2.35. The molecular formula is C11H6BrF3N2O2. The average molecular weight is 335 g/mol. The summed E-state index contributed by atoms with van der Waals surface area (Å²) in [4.78, 5) is 14.3. The fraction of sp³-hybridized carbons (Fsp3) is 0.0909. The highest BCUT2D eigenvalue weighted by atomic mass is 79.9. The highest BCUT2D eigenvalue weighted by Crippen LogP contribution is 2.33. The van der Waals surface area contributed by atoms with Gasteiger partial charge < -0.3 is 9.67 Å². The number of imidazole rings is 1. The number of carboxylic acids is 1. The van der Waals surface area contributed by atoms with Crippen LogP contribution in [0.1, 0.15) is 16.1 Å². The molecule has 0 atom stereocenters. The molecule has 2 aromatic rings. The minimum Gasteiger partial charge on any atom is -0.476 e. The predicted octanol–water partition coefficient (Wildman–Crippen LogP) is 3.35. The van der Waals surface area contributed by atoms with E-state index in [1.807, 2.05) is 0 Å². The van der Waals surface area contributed by atoms with Crippen LogP contribution in [-0.2, 0) is 6.18 Å². The molecule has 0 amide bonds. The van der Waals surface area contributed by atoms with Crippen LogP contribution in [-0.4, -0.2) is 20.6 Å². The fourth-order valence-corrected chi connectivity index (χ4v) is 1.90. The Bertz CT molecular complexity index is 637. The maximum atomic E-state index is 12.6. The Kier molecular flexibility index (Phi) is 3.36. The Morgan fingerprint density at radius 2 is 2.05 bits per heavy atom. The zero-order chi connectivity index (χ0) is 14.2. The standard InChI is InChI=1S/C11H6BrF3N2O2/c12-7-2-1-6(11(13,14)15)3-9(7)17-4-8(10(18)19)16-5-17/h1-5H,(H,18,19). The quantitative estimate of drug-likeness (QED) is 0.916. The molecule has 1 aromatic heterocycles. The van der Waals surface area contributed by atoms with Gasteiger partial charge in [-0.25, -0.2) is 9.78 Å². The van der Waals surface area contributed by atoms with Crippen molar-refractivity contribution in [2.75, 3.05) is 0 Å². The predicted molar refractivity (Wildman–Crippen MR) is 63.2 cm³/mol. The van der Waals surface area contributed by atoms with E-state index in [1.54, 1.807) is 0 Å². The van der Waals surface area contributed by atoms with E-state index in [-0.39, 0.29) is 11.4 Å². The third kappa shape index (κ3) is 2.78. The van der Waals surface area contributed by atoms with Crippen molar-refractivity contribution in [1.82, 2.24) is 9.55 Å². The zero-order valence-corrected chi connectivity index (χ0v) is 10.7. The lowest BCUT2D eigenvalue weighted by atomic mass is 10.2. The maximum Gasteiger partial charge on any atom is 0.416 e. The van der Waals surface area contributed by atoms with E-state index in [2.05, 4.69) is 20.9 Å². The third-order valence-corrected chi connectivity index (χ3v) is 3.02. The summed E-state index contributed by atoms with van der Waals surface area (Å²) in [7, 11) is 0. The molecule has 0 saturated heterocycles. The van der Waals surface area contributed by atoms with E-state index in [0.29, 0.717) is 4.47 Å². The van der Waals surface area contributed by atoms with Crippen molar-refractivity contribution in [2.24, 2.45) is 0 Å². The molecule has 0 saturated carbocycles. The molecule has 8 heteroatoms. The number of hydrogen-bond acceptors (Lipinski definition) is 2. The molecule has 0 aliphatic heterocycles. The van der Waals surface area contributed by atoms with E-state index < -0.39 is 17.7 Å². The summed E-state index contributed by atoms with van der Waals surface area (Å²) >= 11 is 3.12. The highest BCUT2D eigenvalue weighted by molar-refractivity contribution is 9.10. The lowest BCUT2D eigenvalue weighted by Crippen LogP contribution is -2.06. The van der Waals surface area contributed by atoms with Gasteiger partial charge in [-0.2, -0.15) is 13.2 Å². The molecule has 0 radical (unpaired) electrons. The molecule has 0 bridgehead atoms. The molecule has 1 aromatic carbocycles. The van der Waals surface area contributed by atoms with Crippen LogP contribution in [0.3, 0.4) is 0 Å². The normalized spacial score (nSPS) is 11.6. The lowest BCUT2D eigenvalue weighted by molar-refractivity contribution is -0.137. The Balaban J connectivity index is 2.51. The van der Waals surface area contributed by atoms with Gasteiger partial charge in [-0.05, 0) is 34.1 Å². The second-order valence-corrected chi connectivity index (χ2v) is 4.49. The minimum atomic E-state index is -4.47. The first-order valence-corrected chi connectivity index (χ1v) is 5.73. The van der Waals surface area contributed by atoms with Crippen molar-refractivity contribution in [3.05, 3.63) is 46.5 Å². The fourth-order valence-electron chi connectivity index (χ4n) is 1.45. The van der Waals surface area contributed by atoms with Gasteiger partial charge in [0.15, 0.2) is 5.69 Å². The van der Waals surface area contributed by atoms with Crippen molar-refractivity contribution in [3.63, 3.8) is 0 Å². The van der Waals surface area contributed by atoms with Gasteiger partial charge in [0.2, 0.25) is 0 Å². The van der Waals surface area contributed by atoms with E-state index in [1.165, 1.54) is 10.6 Å². The van der Waals surface area contributed by atoms with E-state index in [4.69, 9.17) is 5.11 Å². The van der Waals surface area contributed by atoms with Crippen molar-refractivity contribution < 1.29 is 23.1 Å². The zero-order valence-electron chi connectivity index (χ0n) is 9.15. The van der Waals surface area contributed by atoms with Crippen molar-refractivity contribution >= 4 is 21.9 Å². The second kappa shape index (κ2) is 4.69. The van der Waals surface area contributed by atoms with Crippen LogP contribution in [0.15, 0.2) is 35.2 Å². The largest absolute Gasteiger partial charge is 0.476 e. The van der Waals surface area contributed by atoms with E-state index in [9.17, 15) is 18.0 Å². The average Bonchev–Trinajstić information content (AvgIpc) is 2.77. The SMILES string of the molecule is O=C(O)c1cn(-c2cc(C(F)(F)F)ccc2Br)cn1. The maximum absolute atomic E-state index is 12.6. The van der Waals surface area contributed by atoms with Crippen LogP contribution >= 0.6 is 15.9 Å². The first kappa shape index (κ1) is 13.6. The Labute approximate surface area is 113 Å². The molecule has 100 valence electrons. The Morgan fingerprint density at radius 3 is 2.58 bits per heavy atom. The summed E-state index contributed by atoms with van der Waals surface area (Å²) in [6.45, 7) is 0. The number of benzene rings is 1. The lowest BCUT2D eigenvalue weighted by Gasteiger charge is -2.10. The highest BCUT2D eigenvalue weighted by Gasteiger charge is 2.31. The second-order valence-electron chi connectivity index (χ2n) is 3.64. The summed E-state index contributed by atoms with van der Waals surface area (Å²) in [5.41, 5.74) is -0.907. The van der Waals surface area contributed by atoms with Crippen molar-refractivity contribution in [2.45, 2.75) is 6.18 Å². The summed E-state index contributed by atoms with van der Waals surface area (Å²) in [6.07, 6.45) is -2.18. The molecule has 4 nitrogen and oxygen atoms in total. The number of halogens is 4. The molecule has 0 unspecified atom stereocenters. The van der Waals surface area contributed by atoms with Gasteiger partial charge in [0.25, 0.3) is 0 Å². The molecule has 0 spiro atoms. The molecule has 1 N–H and O–H groups in total. The number of nitrogens with zero attached hydrogens (tertiary/aromatic N) is 2. The van der Waals surface area contributed by atoms with Crippen LogP contribution in [0.5, 0.6) is 0 Å². The number of aromatic carboxylic acids is 1. The molecule has 1 heterocycles. The van der Waals surface area contributed by atoms with Gasteiger partial charge in [0, 0.05) is 10.7 Å². The van der Waals surface area contributed by atoms with E-state index >= 15 is 0 Å². The summed E-state index contributed by atoms with van der Waals surface area (Å²) < 4.78 is 39.5. The monoisotopic (exact) mass is 334 g/mol. The number of carbonyl (C=O) groups is 1. The van der Waals surface area contributed by atoms with Crippen molar-refractivity contribution in [3.8, 4) is 5.69 Å². The molecule has 0 aliphatic carbocycles. The molecule has 0 aliphatic rings. The minimum absolute atomic E-state index is 0.162. The molecule has 2 rings (SSSR count). The van der Waals surface area contributed by atoms with Gasteiger partial charge in [0.1, 0.15) is 6.33 Å². The number of alkyl halides is 3. The van der Waals surface area contributed by atoms with Crippen molar-refractivity contribution in [1.29, 1.82) is 0 Å². The number of aromatic nitrogens is 2. The van der Waals surface area contributed by atoms with Crippen LogP contribution in [0.2, 0.25) is 0 Å². The Hall–Kier alpha value is -1.83. The van der Waals surface area contributed by atoms with Gasteiger partial charge in [0.05, 0.1) is 11.3 Å². The van der Waals surface area contributed by atoms with Gasteiger partial charge in [-0.3, -0.25) is 0 Å². The van der Waals surface area contributed by atoms with Crippen LogP contribution in [0.25, 0.3) is 5.69 Å². The van der Waals surface area contributed by atoms with Crippen LogP contribution < -0.4 is 0 Å². The summed E-state index contributed by atoms with van der Waals surface area (Å²) in [5.74, 6) is -1.25. The first-order valence-electron chi connectivity index (χ1n) is 4.93. The topological polar surface area (TPSA) is 55.1 Å². The van der Waals surface area contributed by atoms with Gasteiger partial charge in [-0.15, -0.1) is 0 Å². The smallest absolute Gasteiger partial charge is 0.416 e. The van der Waals surface area contributed by atoms with Crippen LogP contribution in [0, 0.1) is 0 Å². The first-order chi connectivity index (χ1) is 8.79. The Morgan fingerprint density at radius 1 is 1.37 bits per heavy atom. The molecule has 19 heavy (non-hydrogen) atoms.